The molecule has 0 N–H and O–H groups in total. The first kappa shape index (κ1) is 14.3. The third-order valence-electron chi connectivity index (χ3n) is 3.33. The predicted molar refractivity (Wildman–Crippen MR) is 84.5 cm³/mol. The molecule has 2 aromatic heterocycles. The number of benzene rings is 1. The van der Waals surface area contributed by atoms with Gasteiger partial charge in [-0.15, -0.1) is 0 Å². The number of para-hydroxylation sites is 1. The summed E-state index contributed by atoms with van der Waals surface area (Å²) in [5.41, 5.74) is 2.70. The second kappa shape index (κ2) is 5.60. The Morgan fingerprint density at radius 2 is 2.05 bits per heavy atom. The molecule has 3 rings (SSSR count). The van der Waals surface area contributed by atoms with Gasteiger partial charge in [-0.3, -0.25) is 4.79 Å². The molecule has 0 radical (unpaired) electrons. The summed E-state index contributed by atoms with van der Waals surface area (Å²) in [4.78, 5) is 15.8. The third kappa shape index (κ3) is 2.70. The van der Waals surface area contributed by atoms with Crippen molar-refractivity contribution in [1.82, 2.24) is 14.8 Å². The minimum atomic E-state index is -0.0216. The summed E-state index contributed by atoms with van der Waals surface area (Å²) in [6, 6.07) is 11.6. The van der Waals surface area contributed by atoms with Crippen LogP contribution in [0.5, 0.6) is 5.75 Å². The summed E-state index contributed by atoms with van der Waals surface area (Å²) in [5, 5.41) is 5.41. The number of ether oxygens (including phenoxy) is 1. The van der Waals surface area contributed by atoms with Crippen molar-refractivity contribution in [2.24, 2.45) is 0 Å². The van der Waals surface area contributed by atoms with E-state index in [1.807, 2.05) is 50.2 Å². The molecule has 0 atom stereocenters. The van der Waals surface area contributed by atoms with Gasteiger partial charge in [-0.25, -0.2) is 9.67 Å². The number of pyridine rings is 1. The van der Waals surface area contributed by atoms with Gasteiger partial charge in [0, 0.05) is 11.1 Å². The molecule has 2 heterocycles. The highest BCUT2D eigenvalue weighted by molar-refractivity contribution is 5.86. The van der Waals surface area contributed by atoms with Gasteiger partial charge < -0.3 is 4.74 Å². The third-order valence-corrected chi connectivity index (χ3v) is 3.33. The molecular formula is C17H17N3O2. The Bertz CT molecular complexity index is 852. The quantitative estimate of drug-likeness (QED) is 0.742. The Morgan fingerprint density at radius 3 is 2.73 bits per heavy atom. The molecular weight excluding hydrogens is 278 g/mol. The fraction of sp³-hybridized carbons (Fsp3) is 0.235. The SMILES string of the molecule is CC(=O)COc1cccc2ccc(-n3nc(C)cc3C)nc12. The zero-order valence-corrected chi connectivity index (χ0v) is 12.8. The molecule has 0 spiro atoms. The van der Waals surface area contributed by atoms with Gasteiger partial charge >= 0.3 is 0 Å². The number of rotatable bonds is 4. The van der Waals surface area contributed by atoms with Gasteiger partial charge in [-0.1, -0.05) is 12.1 Å². The predicted octanol–water partition coefficient (Wildman–Crippen LogP) is 3.01. The molecule has 5 nitrogen and oxygen atoms in total. The smallest absolute Gasteiger partial charge is 0.167 e. The highest BCUT2D eigenvalue weighted by Crippen LogP contribution is 2.25. The lowest BCUT2D eigenvalue weighted by Crippen LogP contribution is -2.07. The molecule has 0 aliphatic heterocycles. The largest absolute Gasteiger partial charge is 0.484 e. The summed E-state index contributed by atoms with van der Waals surface area (Å²) >= 11 is 0. The van der Waals surface area contributed by atoms with Crippen molar-refractivity contribution >= 4 is 16.7 Å². The van der Waals surface area contributed by atoms with Crippen LogP contribution in [0.1, 0.15) is 18.3 Å². The summed E-state index contributed by atoms with van der Waals surface area (Å²) in [6.07, 6.45) is 0. The average molecular weight is 295 g/mol. The molecule has 3 aromatic rings. The maximum Gasteiger partial charge on any atom is 0.167 e. The van der Waals surface area contributed by atoms with Crippen molar-refractivity contribution < 1.29 is 9.53 Å². The van der Waals surface area contributed by atoms with E-state index >= 15 is 0 Å². The summed E-state index contributed by atoms with van der Waals surface area (Å²) in [6.45, 7) is 5.49. The van der Waals surface area contributed by atoms with Gasteiger partial charge in [-0.2, -0.15) is 5.10 Å². The second-order valence-electron chi connectivity index (χ2n) is 5.33. The van der Waals surface area contributed by atoms with E-state index in [1.165, 1.54) is 6.92 Å². The van der Waals surface area contributed by atoms with Crippen LogP contribution in [0.4, 0.5) is 0 Å². The topological polar surface area (TPSA) is 57.0 Å². The van der Waals surface area contributed by atoms with Gasteiger partial charge in [-0.05, 0) is 45.0 Å². The lowest BCUT2D eigenvalue weighted by molar-refractivity contribution is -0.118. The minimum absolute atomic E-state index is 0.0216. The summed E-state index contributed by atoms with van der Waals surface area (Å²) in [5.74, 6) is 1.32. The Hall–Kier alpha value is -2.69. The normalized spacial score (nSPS) is 10.9. The van der Waals surface area contributed by atoms with E-state index < -0.39 is 0 Å². The minimum Gasteiger partial charge on any atom is -0.484 e. The lowest BCUT2D eigenvalue weighted by atomic mass is 10.2. The number of ketones is 1. The van der Waals surface area contributed by atoms with Crippen LogP contribution in [0.15, 0.2) is 36.4 Å². The Labute approximate surface area is 128 Å². The number of hydrogen-bond donors (Lipinski definition) is 0. The number of carbonyl (C=O) groups is 1. The molecule has 0 amide bonds. The number of aromatic nitrogens is 3. The van der Waals surface area contributed by atoms with Crippen molar-refractivity contribution in [3.05, 3.63) is 47.8 Å². The molecule has 0 saturated heterocycles. The highest BCUT2D eigenvalue weighted by Gasteiger charge is 2.09. The van der Waals surface area contributed by atoms with Crippen LogP contribution in [-0.4, -0.2) is 27.2 Å². The first-order valence-corrected chi connectivity index (χ1v) is 7.10. The number of carbonyl (C=O) groups excluding carboxylic acids is 1. The zero-order valence-electron chi connectivity index (χ0n) is 12.8. The number of fused-ring (bicyclic) bond motifs is 1. The van der Waals surface area contributed by atoms with Crippen molar-refractivity contribution in [2.75, 3.05) is 6.61 Å². The summed E-state index contributed by atoms with van der Waals surface area (Å²) < 4.78 is 7.37. The van der Waals surface area contributed by atoms with E-state index in [0.717, 1.165) is 28.1 Å². The second-order valence-corrected chi connectivity index (χ2v) is 5.33. The van der Waals surface area contributed by atoms with Crippen LogP contribution in [0.25, 0.3) is 16.7 Å². The molecule has 22 heavy (non-hydrogen) atoms. The van der Waals surface area contributed by atoms with Gasteiger partial charge in [0.2, 0.25) is 0 Å². The van der Waals surface area contributed by atoms with E-state index in [4.69, 9.17) is 4.74 Å². The number of Topliss-reactive ketones (excluding diaryl/α,β-unsaturated/α-hetero) is 1. The van der Waals surface area contributed by atoms with Gasteiger partial charge in [0.25, 0.3) is 0 Å². The molecule has 0 aliphatic carbocycles. The Kier molecular flexibility index (Phi) is 3.63. The standard InChI is InChI=1S/C17H17N3O2/c1-11-9-12(2)20(19-11)16-8-7-14-5-4-6-15(17(14)18-16)22-10-13(3)21/h4-9H,10H2,1-3H3. The maximum atomic E-state index is 11.1. The summed E-state index contributed by atoms with van der Waals surface area (Å²) in [7, 11) is 0. The van der Waals surface area contributed by atoms with Crippen molar-refractivity contribution in [2.45, 2.75) is 20.8 Å². The van der Waals surface area contributed by atoms with Gasteiger partial charge in [0.05, 0.1) is 5.69 Å². The monoisotopic (exact) mass is 295 g/mol. The van der Waals surface area contributed by atoms with Crippen LogP contribution in [0.3, 0.4) is 0 Å². The van der Waals surface area contributed by atoms with E-state index in [1.54, 1.807) is 4.68 Å². The Balaban J connectivity index is 2.09. The van der Waals surface area contributed by atoms with Crippen molar-refractivity contribution in [3.8, 4) is 11.6 Å². The molecule has 5 heteroatoms. The van der Waals surface area contributed by atoms with E-state index in [-0.39, 0.29) is 12.4 Å². The first-order valence-electron chi connectivity index (χ1n) is 7.10. The average Bonchev–Trinajstić information content (AvgIpc) is 2.83. The Morgan fingerprint density at radius 1 is 1.23 bits per heavy atom. The number of hydrogen-bond acceptors (Lipinski definition) is 4. The zero-order chi connectivity index (χ0) is 15.7. The molecule has 0 bridgehead atoms. The van der Waals surface area contributed by atoms with Gasteiger partial charge in [0.15, 0.2) is 11.6 Å². The van der Waals surface area contributed by atoms with Crippen LogP contribution in [0.2, 0.25) is 0 Å². The van der Waals surface area contributed by atoms with E-state index in [0.29, 0.717) is 5.75 Å². The van der Waals surface area contributed by atoms with Crippen molar-refractivity contribution in [3.63, 3.8) is 0 Å². The van der Waals surface area contributed by atoms with E-state index in [2.05, 4.69) is 10.1 Å². The van der Waals surface area contributed by atoms with Gasteiger partial charge in [0.1, 0.15) is 17.9 Å². The molecule has 0 aliphatic rings. The first-order chi connectivity index (χ1) is 10.5. The molecule has 0 fully saturated rings. The van der Waals surface area contributed by atoms with Crippen molar-refractivity contribution in [1.29, 1.82) is 0 Å². The number of nitrogens with zero attached hydrogens (tertiary/aromatic N) is 3. The highest BCUT2D eigenvalue weighted by atomic mass is 16.5. The molecule has 1 aromatic carbocycles. The molecule has 0 saturated carbocycles. The fourth-order valence-electron chi connectivity index (χ4n) is 2.38. The van der Waals surface area contributed by atoms with Crippen LogP contribution >= 0.6 is 0 Å². The van der Waals surface area contributed by atoms with E-state index in [9.17, 15) is 4.79 Å². The molecule has 0 unspecified atom stereocenters. The molecule has 112 valence electrons. The van der Waals surface area contributed by atoms with Crippen LogP contribution in [0, 0.1) is 13.8 Å². The lowest BCUT2D eigenvalue weighted by Gasteiger charge is -2.09. The number of aryl methyl sites for hydroxylation is 2. The maximum absolute atomic E-state index is 11.1. The fourth-order valence-corrected chi connectivity index (χ4v) is 2.38. The van der Waals surface area contributed by atoms with Crippen LogP contribution in [-0.2, 0) is 4.79 Å². The van der Waals surface area contributed by atoms with Crippen LogP contribution < -0.4 is 4.74 Å².